The fourth-order valence-corrected chi connectivity index (χ4v) is 2.49. The lowest BCUT2D eigenvalue weighted by atomic mass is 9.92. The van der Waals surface area contributed by atoms with Crippen molar-refractivity contribution in [2.45, 2.75) is 44.8 Å². The number of aromatic nitrogens is 2. The normalized spacial score (nSPS) is 24.6. The molecular formula is C13H21N3O. The molecule has 4 nitrogen and oxygen atoms in total. The van der Waals surface area contributed by atoms with Gasteiger partial charge in [0, 0.05) is 32.0 Å². The van der Waals surface area contributed by atoms with Gasteiger partial charge in [-0.2, -0.15) is 0 Å². The maximum atomic E-state index is 5.40. The zero-order valence-electron chi connectivity index (χ0n) is 10.9. The molecule has 1 fully saturated rings. The van der Waals surface area contributed by atoms with Crippen LogP contribution in [-0.4, -0.2) is 36.3 Å². The lowest BCUT2D eigenvalue weighted by Crippen LogP contribution is -2.37. The molecule has 2 rings (SSSR count). The highest BCUT2D eigenvalue weighted by molar-refractivity contribution is 5.38. The quantitative estimate of drug-likeness (QED) is 0.805. The molecule has 4 heteroatoms. The Morgan fingerprint density at radius 2 is 1.94 bits per heavy atom. The van der Waals surface area contributed by atoms with Crippen molar-refractivity contribution in [3.05, 3.63) is 18.1 Å². The molecule has 0 N–H and O–H groups in total. The van der Waals surface area contributed by atoms with E-state index >= 15 is 0 Å². The SMILES string of the molecule is COC1CCC(N(C)c2cc(C)ncn2)CC1. The Hall–Kier alpha value is -1.16. The topological polar surface area (TPSA) is 38.2 Å². The second-order valence-corrected chi connectivity index (χ2v) is 4.79. The molecule has 1 aliphatic carbocycles. The minimum atomic E-state index is 0.451. The molecule has 1 aromatic rings. The summed E-state index contributed by atoms with van der Waals surface area (Å²) < 4.78 is 5.40. The van der Waals surface area contributed by atoms with Crippen molar-refractivity contribution in [2.24, 2.45) is 0 Å². The summed E-state index contributed by atoms with van der Waals surface area (Å²) in [5, 5.41) is 0. The van der Waals surface area contributed by atoms with E-state index in [-0.39, 0.29) is 0 Å². The van der Waals surface area contributed by atoms with E-state index in [1.54, 1.807) is 6.33 Å². The Balaban J connectivity index is 1.99. The van der Waals surface area contributed by atoms with Gasteiger partial charge in [-0.3, -0.25) is 0 Å². The van der Waals surface area contributed by atoms with E-state index in [9.17, 15) is 0 Å². The van der Waals surface area contributed by atoms with Crippen LogP contribution < -0.4 is 4.90 Å². The van der Waals surface area contributed by atoms with Gasteiger partial charge in [0.15, 0.2) is 0 Å². The monoisotopic (exact) mass is 235 g/mol. The molecule has 1 aromatic heterocycles. The molecule has 0 amide bonds. The number of methoxy groups -OCH3 is 1. The molecule has 1 aliphatic rings. The summed E-state index contributed by atoms with van der Waals surface area (Å²) in [6.45, 7) is 2.00. The number of ether oxygens (including phenoxy) is 1. The predicted molar refractivity (Wildman–Crippen MR) is 68.2 cm³/mol. The standard InChI is InChI=1S/C13H21N3O/c1-10-8-13(15-9-14-10)16(2)11-4-6-12(17-3)7-5-11/h8-9,11-12H,4-7H2,1-3H3. The fourth-order valence-electron chi connectivity index (χ4n) is 2.49. The van der Waals surface area contributed by atoms with Gasteiger partial charge in [-0.1, -0.05) is 0 Å². The van der Waals surface area contributed by atoms with Crippen LogP contribution in [0.15, 0.2) is 12.4 Å². The van der Waals surface area contributed by atoms with Crippen molar-refractivity contribution < 1.29 is 4.74 Å². The van der Waals surface area contributed by atoms with Crippen LogP contribution >= 0.6 is 0 Å². The number of rotatable bonds is 3. The molecule has 1 saturated carbocycles. The molecule has 0 unspecified atom stereocenters. The first-order chi connectivity index (χ1) is 8.20. The molecule has 0 aliphatic heterocycles. The van der Waals surface area contributed by atoms with Gasteiger partial charge in [0.05, 0.1) is 6.10 Å². The van der Waals surface area contributed by atoms with Gasteiger partial charge in [0.25, 0.3) is 0 Å². The van der Waals surface area contributed by atoms with Gasteiger partial charge in [-0.05, 0) is 32.6 Å². The van der Waals surface area contributed by atoms with Gasteiger partial charge in [0.1, 0.15) is 12.1 Å². The highest BCUT2D eigenvalue weighted by Crippen LogP contribution is 2.26. The van der Waals surface area contributed by atoms with Gasteiger partial charge in [-0.15, -0.1) is 0 Å². The smallest absolute Gasteiger partial charge is 0.132 e. The van der Waals surface area contributed by atoms with Crippen LogP contribution in [0.25, 0.3) is 0 Å². The first kappa shape index (κ1) is 12.3. The van der Waals surface area contributed by atoms with E-state index < -0.39 is 0 Å². The predicted octanol–water partition coefficient (Wildman–Crippen LogP) is 2.18. The summed E-state index contributed by atoms with van der Waals surface area (Å²) in [6.07, 6.45) is 6.75. The Morgan fingerprint density at radius 3 is 2.53 bits per heavy atom. The Morgan fingerprint density at radius 1 is 1.24 bits per heavy atom. The maximum absolute atomic E-state index is 5.40. The van der Waals surface area contributed by atoms with Crippen LogP contribution in [0.2, 0.25) is 0 Å². The lowest BCUT2D eigenvalue weighted by Gasteiger charge is -2.34. The minimum absolute atomic E-state index is 0.451. The first-order valence-corrected chi connectivity index (χ1v) is 6.25. The fraction of sp³-hybridized carbons (Fsp3) is 0.692. The van der Waals surface area contributed by atoms with Crippen molar-refractivity contribution in [1.29, 1.82) is 0 Å². The third kappa shape index (κ3) is 2.94. The third-order valence-electron chi connectivity index (χ3n) is 3.68. The van der Waals surface area contributed by atoms with E-state index in [1.807, 2.05) is 20.1 Å². The van der Waals surface area contributed by atoms with Crippen LogP contribution in [0, 0.1) is 6.92 Å². The van der Waals surface area contributed by atoms with Gasteiger partial charge < -0.3 is 9.64 Å². The highest BCUT2D eigenvalue weighted by Gasteiger charge is 2.24. The summed E-state index contributed by atoms with van der Waals surface area (Å²) in [7, 11) is 3.93. The lowest BCUT2D eigenvalue weighted by molar-refractivity contribution is 0.0659. The van der Waals surface area contributed by atoms with Crippen LogP contribution in [-0.2, 0) is 4.74 Å². The van der Waals surface area contributed by atoms with Crippen LogP contribution in [0.3, 0.4) is 0 Å². The molecule has 0 saturated heterocycles. The Kier molecular flexibility index (Phi) is 3.94. The zero-order chi connectivity index (χ0) is 12.3. The number of hydrogen-bond acceptors (Lipinski definition) is 4. The average Bonchev–Trinajstić information content (AvgIpc) is 2.38. The zero-order valence-corrected chi connectivity index (χ0v) is 10.9. The first-order valence-electron chi connectivity index (χ1n) is 6.25. The number of anilines is 1. The Bertz CT molecular complexity index is 361. The van der Waals surface area contributed by atoms with Crippen molar-refractivity contribution in [3.8, 4) is 0 Å². The number of nitrogens with zero attached hydrogens (tertiary/aromatic N) is 3. The van der Waals surface area contributed by atoms with E-state index in [0.717, 1.165) is 24.4 Å². The largest absolute Gasteiger partial charge is 0.381 e. The summed E-state index contributed by atoms with van der Waals surface area (Å²) in [4.78, 5) is 10.8. The van der Waals surface area contributed by atoms with Crippen LogP contribution in [0.4, 0.5) is 5.82 Å². The summed E-state index contributed by atoms with van der Waals surface area (Å²) in [5.41, 5.74) is 1.02. The van der Waals surface area contributed by atoms with Crippen molar-refractivity contribution in [3.63, 3.8) is 0 Å². The molecule has 0 aromatic carbocycles. The van der Waals surface area contributed by atoms with Crippen molar-refractivity contribution in [1.82, 2.24) is 9.97 Å². The van der Waals surface area contributed by atoms with E-state index in [2.05, 4.69) is 21.9 Å². The highest BCUT2D eigenvalue weighted by atomic mass is 16.5. The molecule has 0 spiro atoms. The average molecular weight is 235 g/mol. The van der Waals surface area contributed by atoms with Crippen LogP contribution in [0.1, 0.15) is 31.4 Å². The molecule has 0 radical (unpaired) electrons. The molecule has 0 atom stereocenters. The van der Waals surface area contributed by atoms with Crippen molar-refractivity contribution in [2.75, 3.05) is 19.1 Å². The second-order valence-electron chi connectivity index (χ2n) is 4.79. The molecule has 94 valence electrons. The second kappa shape index (κ2) is 5.45. The summed E-state index contributed by atoms with van der Waals surface area (Å²) >= 11 is 0. The van der Waals surface area contributed by atoms with E-state index in [1.165, 1.54) is 12.8 Å². The summed E-state index contributed by atoms with van der Waals surface area (Å²) in [6, 6.07) is 2.62. The number of aryl methyl sites for hydroxylation is 1. The van der Waals surface area contributed by atoms with Gasteiger partial charge in [-0.25, -0.2) is 9.97 Å². The van der Waals surface area contributed by atoms with Crippen molar-refractivity contribution >= 4 is 5.82 Å². The van der Waals surface area contributed by atoms with Crippen LogP contribution in [0.5, 0.6) is 0 Å². The van der Waals surface area contributed by atoms with Gasteiger partial charge in [0.2, 0.25) is 0 Å². The minimum Gasteiger partial charge on any atom is -0.381 e. The van der Waals surface area contributed by atoms with E-state index in [4.69, 9.17) is 4.74 Å². The Labute approximate surface area is 103 Å². The third-order valence-corrected chi connectivity index (χ3v) is 3.68. The molecular weight excluding hydrogens is 214 g/mol. The molecule has 0 bridgehead atoms. The molecule has 1 heterocycles. The molecule has 17 heavy (non-hydrogen) atoms. The number of hydrogen-bond donors (Lipinski definition) is 0. The maximum Gasteiger partial charge on any atom is 0.132 e. The van der Waals surface area contributed by atoms with E-state index in [0.29, 0.717) is 12.1 Å². The summed E-state index contributed by atoms with van der Waals surface area (Å²) in [5.74, 6) is 1.03. The van der Waals surface area contributed by atoms with Gasteiger partial charge >= 0.3 is 0 Å².